The minimum absolute atomic E-state index is 1.04. The molecule has 0 saturated carbocycles. The van der Waals surface area contributed by atoms with Crippen LogP contribution >= 0.6 is 0 Å². The number of nitrogens with zero attached hydrogens (tertiary/aromatic N) is 8. The summed E-state index contributed by atoms with van der Waals surface area (Å²) in [6.45, 7) is 6.43. The van der Waals surface area contributed by atoms with Gasteiger partial charge in [-0.3, -0.25) is 0 Å². The minimum Gasteiger partial charge on any atom is -0.310 e. The van der Waals surface area contributed by atoms with Crippen LogP contribution < -0.4 is 39.2 Å². The van der Waals surface area contributed by atoms with Crippen LogP contribution in [0.4, 0.5) is 136 Å². The van der Waals surface area contributed by atoms with Gasteiger partial charge in [0.05, 0.1) is 0 Å². The van der Waals surface area contributed by atoms with E-state index in [1.165, 1.54) is 49.0 Å². The van der Waals surface area contributed by atoms with E-state index in [9.17, 15) is 0 Å². The second kappa shape index (κ2) is 37.9. The molecule has 8 heteroatoms. The third-order valence-electron chi connectivity index (χ3n) is 24.0. The lowest BCUT2D eigenvalue weighted by atomic mass is 10.1. The van der Waals surface area contributed by atoms with Gasteiger partial charge < -0.3 is 39.2 Å². The summed E-state index contributed by atoms with van der Waals surface area (Å²) in [5, 5.41) is 7.26. The van der Waals surface area contributed by atoms with E-state index in [1.807, 2.05) is 0 Å². The SMILES string of the molecule is Cc1cccc(N(c2ccccc2)c2ccc(N(c3ccc(N(c4ccccc4)c4cccc(C)c4)cc3)c3ccc(N(c4ccccc4)c4cccc(C)c4)cc3)cc2)c1.c1ccc(N(c2ccc(N(c3ccc(N(c4ccccc4)c4ccc5ccccc5c4)cc3)c3ccc(N(c4ccccc4)c4ccc5ccccc5c4)cc3)cc2)c2ccc3ccccc3c2)cc1. The second-order valence-electron chi connectivity index (χ2n) is 32.9. The Bertz CT molecular complexity index is 6710. The maximum Gasteiger partial charge on any atom is 0.0468 e. The Balaban J connectivity index is 0.000000165. The van der Waals surface area contributed by atoms with Crippen molar-refractivity contribution in [1.82, 2.24) is 0 Å². The van der Waals surface area contributed by atoms with Crippen molar-refractivity contribution in [2.45, 2.75) is 20.8 Å². The molecule has 0 atom stereocenters. The lowest BCUT2D eigenvalue weighted by Gasteiger charge is -2.30. The van der Waals surface area contributed by atoms with Crippen LogP contribution in [0.15, 0.2) is 528 Å². The zero-order chi connectivity index (χ0) is 88.2. The van der Waals surface area contributed by atoms with Crippen LogP contribution in [0.25, 0.3) is 32.3 Å². The van der Waals surface area contributed by atoms with Crippen molar-refractivity contribution in [3.05, 3.63) is 544 Å². The van der Waals surface area contributed by atoms with E-state index in [1.54, 1.807) is 0 Å². The summed E-state index contributed by atoms with van der Waals surface area (Å²) >= 11 is 0. The van der Waals surface area contributed by atoms with Gasteiger partial charge >= 0.3 is 0 Å². The Morgan fingerprint density at radius 1 is 0.0916 bits per heavy atom. The van der Waals surface area contributed by atoms with Gasteiger partial charge in [0.25, 0.3) is 0 Å². The van der Waals surface area contributed by atoms with Crippen molar-refractivity contribution in [3.63, 3.8) is 0 Å². The van der Waals surface area contributed by atoms with Gasteiger partial charge in [-0.05, 0) is 361 Å². The summed E-state index contributed by atoms with van der Waals surface area (Å²) in [5.41, 5.74) is 29.7. The van der Waals surface area contributed by atoms with Crippen LogP contribution in [0.3, 0.4) is 0 Å². The summed E-state index contributed by atoms with van der Waals surface area (Å²) in [7, 11) is 0. The molecule has 0 radical (unpaired) electrons. The van der Waals surface area contributed by atoms with Gasteiger partial charge in [-0.2, -0.15) is 0 Å². The molecule has 0 bridgehead atoms. The number of para-hydroxylation sites is 6. The Hall–Kier alpha value is -17.2. The highest BCUT2D eigenvalue weighted by molar-refractivity contribution is 5.95. The highest BCUT2D eigenvalue weighted by atomic mass is 15.2. The van der Waals surface area contributed by atoms with Crippen LogP contribution in [0.5, 0.6) is 0 Å². The number of anilines is 24. The smallest absolute Gasteiger partial charge is 0.0468 e. The molecule has 0 aliphatic heterocycles. The molecule has 0 saturated heterocycles. The van der Waals surface area contributed by atoms with E-state index < -0.39 is 0 Å². The van der Waals surface area contributed by atoms with Crippen molar-refractivity contribution in [3.8, 4) is 0 Å². The van der Waals surface area contributed by atoms with Crippen LogP contribution in [0, 0.1) is 20.8 Å². The molecule has 628 valence electrons. The third kappa shape index (κ3) is 18.1. The number of rotatable bonds is 24. The second-order valence-corrected chi connectivity index (χ2v) is 32.9. The van der Waals surface area contributed by atoms with Crippen LogP contribution in [-0.4, -0.2) is 0 Å². The standard InChI is InChI=1S/C66H48N4.C57H48N4/c1-4-22-55(23-5-1)68(64-31-28-49-16-10-13-19-52(49)46-64)61-40-34-58(35-41-61)67(59-36-42-62(43-37-59)69(56-24-6-2-7-25-56)65-32-29-50-17-11-14-20-53(50)47-65)60-38-44-63(45-39-60)70(57-26-8-3-9-27-57)66-33-30-51-18-12-15-21-54(51)48-66;1-43-16-13-25-55(40-43)59(46-19-7-4-8-20-46)52-34-28-49(29-35-52)58(50-30-36-53(37-31-50)60(47-21-9-5-10-22-47)56-26-14-17-44(2)41-56)51-32-38-54(39-33-51)61(48-23-11-6-12-24-48)57-27-15-18-45(3)42-57/h1-48H;4-42H,1-3H3. The van der Waals surface area contributed by atoms with E-state index in [2.05, 4.69) is 588 Å². The summed E-state index contributed by atoms with van der Waals surface area (Å²) in [5.74, 6) is 0. The van der Waals surface area contributed by atoms with Gasteiger partial charge in [-0.25, -0.2) is 0 Å². The topological polar surface area (TPSA) is 25.9 Å². The first-order valence-corrected chi connectivity index (χ1v) is 44.7. The predicted octanol–water partition coefficient (Wildman–Crippen LogP) is 35.5. The van der Waals surface area contributed by atoms with Gasteiger partial charge in [0.1, 0.15) is 0 Å². The van der Waals surface area contributed by atoms with E-state index >= 15 is 0 Å². The molecule has 0 aromatic heterocycles. The molecule has 0 heterocycles. The average molecular weight is 1690 g/mol. The number of hydrogen-bond acceptors (Lipinski definition) is 8. The van der Waals surface area contributed by atoms with Crippen molar-refractivity contribution < 1.29 is 0 Å². The Morgan fingerprint density at radius 3 is 0.382 bits per heavy atom. The van der Waals surface area contributed by atoms with Crippen molar-refractivity contribution in [2.75, 3.05) is 39.2 Å². The number of aryl methyl sites for hydroxylation is 3. The Labute approximate surface area is 768 Å². The first kappa shape index (κ1) is 82.1. The molecular weight excluding hydrogens is 1590 g/mol. The van der Waals surface area contributed by atoms with Gasteiger partial charge in [-0.1, -0.05) is 237 Å². The number of hydrogen-bond donors (Lipinski definition) is 0. The zero-order valence-corrected chi connectivity index (χ0v) is 73.3. The number of fused-ring (bicyclic) bond motifs is 3. The molecule has 0 spiro atoms. The van der Waals surface area contributed by atoms with Crippen molar-refractivity contribution in [2.24, 2.45) is 0 Å². The van der Waals surface area contributed by atoms with E-state index in [0.29, 0.717) is 0 Å². The lowest BCUT2D eigenvalue weighted by molar-refractivity contribution is 1.23. The van der Waals surface area contributed by atoms with Gasteiger partial charge in [0.2, 0.25) is 0 Å². The highest BCUT2D eigenvalue weighted by Crippen LogP contribution is 2.48. The van der Waals surface area contributed by atoms with Crippen molar-refractivity contribution in [1.29, 1.82) is 0 Å². The summed E-state index contributed by atoms with van der Waals surface area (Å²) in [6, 6.07) is 189. The predicted molar refractivity (Wildman–Crippen MR) is 557 cm³/mol. The molecular formula is C123H96N8. The molecule has 0 fully saturated rings. The van der Waals surface area contributed by atoms with E-state index in [-0.39, 0.29) is 0 Å². The molecule has 0 amide bonds. The molecule has 8 nitrogen and oxygen atoms in total. The minimum atomic E-state index is 1.04. The molecule has 131 heavy (non-hydrogen) atoms. The first-order valence-electron chi connectivity index (χ1n) is 44.7. The normalized spacial score (nSPS) is 11.0. The van der Waals surface area contributed by atoms with Crippen LogP contribution in [-0.2, 0) is 0 Å². The van der Waals surface area contributed by atoms with E-state index in [4.69, 9.17) is 0 Å². The van der Waals surface area contributed by atoms with Crippen LogP contribution in [0.2, 0.25) is 0 Å². The summed E-state index contributed by atoms with van der Waals surface area (Å²) in [4.78, 5) is 18.6. The number of benzene rings is 21. The molecule has 0 aliphatic carbocycles. The van der Waals surface area contributed by atoms with E-state index in [0.717, 1.165) is 136 Å². The zero-order valence-electron chi connectivity index (χ0n) is 73.3. The van der Waals surface area contributed by atoms with Crippen molar-refractivity contribution >= 4 is 169 Å². The molecule has 0 aliphatic rings. The molecule has 0 N–H and O–H groups in total. The largest absolute Gasteiger partial charge is 0.310 e. The Morgan fingerprint density at radius 2 is 0.214 bits per heavy atom. The van der Waals surface area contributed by atoms with Gasteiger partial charge in [0, 0.05) is 136 Å². The average Bonchev–Trinajstić information content (AvgIpc) is 0.772. The highest BCUT2D eigenvalue weighted by Gasteiger charge is 2.25. The maximum atomic E-state index is 2.35. The molecule has 21 aromatic rings. The Kier molecular flexibility index (Phi) is 23.8. The fourth-order valence-corrected chi connectivity index (χ4v) is 17.8. The molecule has 21 aromatic carbocycles. The maximum absolute atomic E-state index is 2.35. The van der Waals surface area contributed by atoms with Gasteiger partial charge in [0.15, 0.2) is 0 Å². The fourth-order valence-electron chi connectivity index (χ4n) is 17.8. The molecule has 0 unspecified atom stereocenters. The monoisotopic (exact) mass is 1680 g/mol. The summed E-state index contributed by atoms with van der Waals surface area (Å²) < 4.78 is 0. The quantitative estimate of drug-likeness (QED) is 0.0591. The third-order valence-corrected chi connectivity index (χ3v) is 24.0. The summed E-state index contributed by atoms with van der Waals surface area (Å²) in [6.07, 6.45) is 0. The van der Waals surface area contributed by atoms with Crippen LogP contribution in [0.1, 0.15) is 16.7 Å². The molecule has 21 rings (SSSR count). The lowest BCUT2D eigenvalue weighted by Crippen LogP contribution is -2.14. The van der Waals surface area contributed by atoms with Gasteiger partial charge in [-0.15, -0.1) is 0 Å². The first-order chi connectivity index (χ1) is 64.7. The fraction of sp³-hybridized carbons (Fsp3) is 0.0244.